The second-order valence-electron chi connectivity index (χ2n) is 4.06. The van der Waals surface area contributed by atoms with Crippen LogP contribution in [0.2, 0.25) is 0 Å². The molecule has 18 heavy (non-hydrogen) atoms. The minimum Gasteiger partial charge on any atom is -0.296 e. The Labute approximate surface area is 104 Å². The number of para-hydroxylation sites is 1. The normalized spacial score (nSPS) is 19.7. The number of carbonyl (C=O) groups excluding carboxylic acids is 2. The van der Waals surface area contributed by atoms with E-state index in [1.54, 1.807) is 30.3 Å². The van der Waals surface area contributed by atoms with E-state index in [1.165, 1.54) is 0 Å². The van der Waals surface area contributed by atoms with Crippen LogP contribution in [0.4, 0.5) is 5.69 Å². The van der Waals surface area contributed by atoms with Crippen LogP contribution in [0.15, 0.2) is 30.3 Å². The van der Waals surface area contributed by atoms with Gasteiger partial charge in [-0.05, 0) is 12.1 Å². The van der Waals surface area contributed by atoms with Crippen LogP contribution in [0, 0.1) is 5.92 Å². The summed E-state index contributed by atoms with van der Waals surface area (Å²) < 4.78 is 26.0. The highest BCUT2D eigenvalue weighted by Gasteiger charge is 2.34. The summed E-state index contributed by atoms with van der Waals surface area (Å²) in [5.41, 5.74) is 0.433. The number of rotatable bonds is 4. The number of benzene rings is 1. The lowest BCUT2D eigenvalue weighted by atomic mass is 10.1. The molecule has 1 unspecified atom stereocenters. The monoisotopic (exact) mass is 268 g/mol. The zero-order valence-corrected chi connectivity index (χ0v) is 10.2. The zero-order valence-electron chi connectivity index (χ0n) is 9.42. The first kappa shape index (κ1) is 12.6. The first-order valence-corrected chi connectivity index (χ1v) is 7.01. The number of anilines is 1. The molecule has 0 aromatic heterocycles. The van der Waals surface area contributed by atoms with Crippen LogP contribution in [0.5, 0.6) is 0 Å². The summed E-state index contributed by atoms with van der Waals surface area (Å²) >= 11 is 0. The second kappa shape index (κ2) is 4.77. The van der Waals surface area contributed by atoms with Gasteiger partial charge < -0.3 is 0 Å². The van der Waals surface area contributed by atoms with Gasteiger partial charge in [-0.25, -0.2) is 8.42 Å². The fourth-order valence-electron chi connectivity index (χ4n) is 1.73. The lowest BCUT2D eigenvalue weighted by Crippen LogP contribution is -2.28. The predicted molar refractivity (Wildman–Crippen MR) is 65.1 cm³/mol. The summed E-state index contributed by atoms with van der Waals surface area (Å²) in [6.07, 6.45) is -0.0749. The Morgan fingerprint density at radius 3 is 2.44 bits per heavy atom. The van der Waals surface area contributed by atoms with Gasteiger partial charge in [0.15, 0.2) is 0 Å². The molecule has 0 saturated carbocycles. The zero-order chi connectivity index (χ0) is 13.2. The van der Waals surface area contributed by atoms with Crippen LogP contribution in [0.3, 0.4) is 0 Å². The van der Waals surface area contributed by atoms with Crippen LogP contribution >= 0.6 is 0 Å². The number of nitrogens with one attached hydrogen (secondary N) is 2. The average Bonchev–Trinajstić information content (AvgIpc) is 2.57. The van der Waals surface area contributed by atoms with Gasteiger partial charge in [-0.15, -0.1) is 0 Å². The van der Waals surface area contributed by atoms with E-state index in [0.717, 1.165) is 0 Å². The molecule has 1 atom stereocenters. The maximum Gasteiger partial charge on any atom is 0.233 e. The fraction of sp³-hybridized carbons (Fsp3) is 0.273. The molecule has 0 radical (unpaired) electrons. The standard InChI is InChI=1S/C11H12N2O4S/c14-10-6-8(11(15)12-10)7-18(16,17)13-9-4-2-1-3-5-9/h1-5,8,13H,6-7H2,(H,12,14,15). The lowest BCUT2D eigenvalue weighted by molar-refractivity contribution is -0.125. The van der Waals surface area contributed by atoms with Gasteiger partial charge in [-0.1, -0.05) is 18.2 Å². The van der Waals surface area contributed by atoms with Crippen molar-refractivity contribution in [1.82, 2.24) is 5.32 Å². The third-order valence-corrected chi connectivity index (χ3v) is 3.92. The van der Waals surface area contributed by atoms with Crippen molar-refractivity contribution in [3.63, 3.8) is 0 Å². The summed E-state index contributed by atoms with van der Waals surface area (Å²) in [5, 5.41) is 2.08. The molecule has 1 fully saturated rings. The number of hydrogen-bond donors (Lipinski definition) is 2. The molecule has 1 saturated heterocycles. The molecule has 1 aliphatic heterocycles. The van der Waals surface area contributed by atoms with Gasteiger partial charge >= 0.3 is 0 Å². The SMILES string of the molecule is O=C1CC(CS(=O)(=O)Nc2ccccc2)C(=O)N1. The number of amides is 2. The number of carbonyl (C=O) groups is 2. The van der Waals surface area contributed by atoms with Gasteiger partial charge in [-0.3, -0.25) is 19.6 Å². The van der Waals surface area contributed by atoms with Crippen LogP contribution in [-0.2, 0) is 19.6 Å². The van der Waals surface area contributed by atoms with Crippen molar-refractivity contribution in [2.75, 3.05) is 10.5 Å². The first-order valence-electron chi connectivity index (χ1n) is 5.35. The van der Waals surface area contributed by atoms with Crippen molar-refractivity contribution < 1.29 is 18.0 Å². The van der Waals surface area contributed by atoms with E-state index in [2.05, 4.69) is 10.0 Å². The molecular formula is C11H12N2O4S. The molecule has 2 N–H and O–H groups in total. The van der Waals surface area contributed by atoms with Crippen LogP contribution in [-0.4, -0.2) is 26.0 Å². The molecule has 0 aliphatic carbocycles. The van der Waals surface area contributed by atoms with Gasteiger partial charge in [0.2, 0.25) is 21.8 Å². The second-order valence-corrected chi connectivity index (χ2v) is 5.83. The van der Waals surface area contributed by atoms with Gasteiger partial charge in [-0.2, -0.15) is 0 Å². The molecule has 0 spiro atoms. The lowest BCUT2D eigenvalue weighted by Gasteiger charge is -2.09. The van der Waals surface area contributed by atoms with Crippen molar-refractivity contribution in [2.24, 2.45) is 5.92 Å². The Balaban J connectivity index is 2.04. The van der Waals surface area contributed by atoms with Gasteiger partial charge in [0.25, 0.3) is 0 Å². The summed E-state index contributed by atoms with van der Waals surface area (Å²) in [5.74, 6) is -2.16. The highest BCUT2D eigenvalue weighted by atomic mass is 32.2. The van der Waals surface area contributed by atoms with Crippen molar-refractivity contribution in [3.8, 4) is 0 Å². The maximum atomic E-state index is 11.8. The predicted octanol–water partition coefficient (Wildman–Crippen LogP) is 0.0910. The summed E-state index contributed by atoms with van der Waals surface area (Å²) in [6.45, 7) is 0. The molecule has 1 aromatic carbocycles. The topological polar surface area (TPSA) is 92.3 Å². The number of sulfonamides is 1. The third kappa shape index (κ3) is 3.07. The third-order valence-electron chi connectivity index (χ3n) is 2.53. The number of hydrogen-bond acceptors (Lipinski definition) is 4. The molecule has 7 heteroatoms. The molecule has 96 valence electrons. The summed E-state index contributed by atoms with van der Waals surface area (Å²) in [4.78, 5) is 22.3. The Hall–Kier alpha value is -1.89. The van der Waals surface area contributed by atoms with Gasteiger partial charge in [0.05, 0.1) is 11.7 Å². The minimum absolute atomic E-state index is 0.0749. The summed E-state index contributed by atoms with van der Waals surface area (Å²) in [6, 6.07) is 8.38. The Morgan fingerprint density at radius 1 is 1.22 bits per heavy atom. The highest BCUT2D eigenvalue weighted by Crippen LogP contribution is 2.15. The quantitative estimate of drug-likeness (QED) is 0.757. The van der Waals surface area contributed by atoms with Crippen molar-refractivity contribution in [2.45, 2.75) is 6.42 Å². The average molecular weight is 268 g/mol. The van der Waals surface area contributed by atoms with E-state index in [9.17, 15) is 18.0 Å². The van der Waals surface area contributed by atoms with Crippen molar-refractivity contribution in [1.29, 1.82) is 0 Å². The van der Waals surface area contributed by atoms with E-state index in [1.807, 2.05) is 0 Å². The first-order chi connectivity index (χ1) is 8.46. The van der Waals surface area contributed by atoms with Crippen molar-refractivity contribution in [3.05, 3.63) is 30.3 Å². The molecule has 2 amide bonds. The van der Waals surface area contributed by atoms with Crippen molar-refractivity contribution >= 4 is 27.5 Å². The van der Waals surface area contributed by atoms with Gasteiger partial charge in [0, 0.05) is 12.1 Å². The Bertz CT molecular complexity index is 568. The highest BCUT2D eigenvalue weighted by molar-refractivity contribution is 7.92. The minimum atomic E-state index is -3.64. The van der Waals surface area contributed by atoms with Crippen LogP contribution in [0.1, 0.15) is 6.42 Å². The van der Waals surface area contributed by atoms with E-state index >= 15 is 0 Å². The van der Waals surface area contributed by atoms with E-state index < -0.39 is 27.8 Å². The molecule has 0 bridgehead atoms. The van der Waals surface area contributed by atoms with Crippen LogP contribution in [0.25, 0.3) is 0 Å². The maximum absolute atomic E-state index is 11.8. The van der Waals surface area contributed by atoms with Gasteiger partial charge in [0.1, 0.15) is 0 Å². The van der Waals surface area contributed by atoms with Crippen LogP contribution < -0.4 is 10.0 Å². The molecule has 6 nitrogen and oxygen atoms in total. The number of imide groups is 1. The summed E-state index contributed by atoms with van der Waals surface area (Å²) in [7, 11) is -3.64. The van der Waals surface area contributed by atoms with E-state index in [-0.39, 0.29) is 12.2 Å². The fourth-order valence-corrected chi connectivity index (χ4v) is 3.11. The molecule has 2 rings (SSSR count). The largest absolute Gasteiger partial charge is 0.296 e. The smallest absolute Gasteiger partial charge is 0.233 e. The Kier molecular flexibility index (Phi) is 3.33. The van der Waals surface area contributed by atoms with E-state index in [4.69, 9.17) is 0 Å². The molecule has 1 aromatic rings. The molecular weight excluding hydrogens is 256 g/mol. The molecule has 1 aliphatic rings. The Morgan fingerprint density at radius 2 is 1.89 bits per heavy atom. The molecule has 1 heterocycles. The van der Waals surface area contributed by atoms with E-state index in [0.29, 0.717) is 5.69 Å².